The number of rotatable bonds is 0. The van der Waals surface area contributed by atoms with Crippen molar-refractivity contribution in [3.05, 3.63) is 0 Å². The number of carbonyl (C=O) groups excluding carboxylic acids is 1. The minimum Gasteiger partial charge on any atom is -0.378 e. The van der Waals surface area contributed by atoms with Gasteiger partial charge in [-0.05, 0) is 74.0 Å². The Morgan fingerprint density at radius 2 is 1.95 bits per heavy atom. The summed E-state index contributed by atoms with van der Waals surface area (Å²) in [7, 11) is 0. The lowest BCUT2D eigenvalue weighted by atomic mass is 9.48. The highest BCUT2D eigenvalue weighted by Crippen LogP contribution is 2.67. The molecule has 6 unspecified atom stereocenters. The van der Waals surface area contributed by atoms with E-state index in [-0.39, 0.29) is 10.8 Å². The zero-order chi connectivity index (χ0) is 15.8. The molecule has 0 heterocycles. The number of aliphatic hydroxyl groups is 1. The Balaban J connectivity index is 1.67. The van der Waals surface area contributed by atoms with Crippen molar-refractivity contribution in [3.8, 4) is 12.3 Å². The van der Waals surface area contributed by atoms with Crippen LogP contribution < -0.4 is 0 Å². The Labute approximate surface area is 134 Å². The molecule has 0 amide bonds. The molecule has 4 fully saturated rings. The van der Waals surface area contributed by atoms with Gasteiger partial charge in [0.2, 0.25) is 0 Å². The van der Waals surface area contributed by atoms with Gasteiger partial charge in [-0.3, -0.25) is 4.79 Å². The highest BCUT2D eigenvalue weighted by Gasteiger charge is 2.63. The summed E-state index contributed by atoms with van der Waals surface area (Å²) in [4.78, 5) is 12.4. The third kappa shape index (κ3) is 1.70. The number of hydrogen-bond acceptors (Lipinski definition) is 2. The van der Waals surface area contributed by atoms with Crippen LogP contribution in [0.25, 0.3) is 0 Å². The van der Waals surface area contributed by atoms with Crippen LogP contribution in [-0.4, -0.2) is 16.5 Å². The molecule has 0 bridgehead atoms. The Hall–Kier alpha value is -0.810. The van der Waals surface area contributed by atoms with Crippen LogP contribution in [0.1, 0.15) is 65.2 Å². The average molecular weight is 300 g/mol. The van der Waals surface area contributed by atoms with Crippen LogP contribution in [0.2, 0.25) is 0 Å². The lowest BCUT2D eigenvalue weighted by Crippen LogP contribution is -2.50. The SMILES string of the molecule is C#C[C@@]1(O)CC2CCC3C4CCC(=O)C4(C)CCC3C2(C)C1. The number of terminal acetylenes is 1. The zero-order valence-electron chi connectivity index (χ0n) is 13.9. The first-order valence-corrected chi connectivity index (χ1v) is 9.06. The van der Waals surface area contributed by atoms with Crippen molar-refractivity contribution in [1.29, 1.82) is 0 Å². The lowest BCUT2D eigenvalue weighted by molar-refractivity contribution is -0.135. The van der Waals surface area contributed by atoms with Crippen molar-refractivity contribution in [2.45, 2.75) is 70.8 Å². The fraction of sp³-hybridized carbons (Fsp3) is 0.850. The molecule has 0 aromatic rings. The molecule has 2 nitrogen and oxygen atoms in total. The molecule has 4 aliphatic carbocycles. The van der Waals surface area contributed by atoms with E-state index < -0.39 is 5.60 Å². The second kappa shape index (κ2) is 4.38. The first-order chi connectivity index (χ1) is 10.3. The van der Waals surface area contributed by atoms with E-state index >= 15 is 0 Å². The summed E-state index contributed by atoms with van der Waals surface area (Å²) in [5.41, 5.74) is -0.761. The van der Waals surface area contributed by atoms with Gasteiger partial charge in [-0.25, -0.2) is 0 Å². The molecular formula is C20H28O2. The summed E-state index contributed by atoms with van der Waals surface area (Å²) in [5.74, 6) is 5.66. The van der Waals surface area contributed by atoms with E-state index in [0.717, 1.165) is 38.5 Å². The molecule has 1 N–H and O–H groups in total. The summed E-state index contributed by atoms with van der Waals surface area (Å²) in [6.45, 7) is 4.60. The van der Waals surface area contributed by atoms with Crippen molar-refractivity contribution < 1.29 is 9.90 Å². The van der Waals surface area contributed by atoms with E-state index in [0.29, 0.717) is 29.5 Å². The van der Waals surface area contributed by atoms with Crippen LogP contribution >= 0.6 is 0 Å². The summed E-state index contributed by atoms with van der Waals surface area (Å²) in [6.07, 6.45) is 13.7. The lowest BCUT2D eigenvalue weighted by Gasteiger charge is -2.56. The minimum atomic E-state index is -0.888. The van der Waals surface area contributed by atoms with Gasteiger partial charge in [0.05, 0.1) is 0 Å². The number of carbonyl (C=O) groups is 1. The van der Waals surface area contributed by atoms with Crippen molar-refractivity contribution in [2.24, 2.45) is 34.5 Å². The first kappa shape index (κ1) is 14.8. The molecule has 0 aromatic carbocycles. The molecule has 0 radical (unpaired) electrons. The maximum atomic E-state index is 12.4. The highest BCUT2D eigenvalue weighted by molar-refractivity contribution is 5.87. The number of hydrogen-bond donors (Lipinski definition) is 1. The largest absolute Gasteiger partial charge is 0.378 e. The topological polar surface area (TPSA) is 37.3 Å². The normalized spacial score (nSPS) is 56.9. The van der Waals surface area contributed by atoms with Crippen LogP contribution in [0.4, 0.5) is 0 Å². The van der Waals surface area contributed by atoms with Crippen molar-refractivity contribution in [2.75, 3.05) is 0 Å². The smallest absolute Gasteiger partial charge is 0.139 e. The van der Waals surface area contributed by atoms with Gasteiger partial charge >= 0.3 is 0 Å². The molecule has 22 heavy (non-hydrogen) atoms. The fourth-order valence-corrected chi connectivity index (χ4v) is 7.14. The van der Waals surface area contributed by atoms with Gasteiger partial charge in [-0.1, -0.05) is 19.8 Å². The monoisotopic (exact) mass is 300 g/mol. The van der Waals surface area contributed by atoms with Crippen LogP contribution in [0.3, 0.4) is 0 Å². The summed E-state index contributed by atoms with van der Waals surface area (Å²) >= 11 is 0. The molecule has 0 saturated heterocycles. The third-order valence-electron chi connectivity index (χ3n) is 8.30. The predicted octanol–water partition coefficient (Wildman–Crippen LogP) is 3.57. The van der Waals surface area contributed by atoms with Gasteiger partial charge in [-0.15, -0.1) is 6.42 Å². The van der Waals surface area contributed by atoms with Gasteiger partial charge in [0, 0.05) is 11.8 Å². The van der Waals surface area contributed by atoms with Crippen LogP contribution in [0.5, 0.6) is 0 Å². The third-order valence-corrected chi connectivity index (χ3v) is 8.30. The van der Waals surface area contributed by atoms with Crippen molar-refractivity contribution >= 4 is 5.78 Å². The Kier molecular flexibility index (Phi) is 2.94. The van der Waals surface area contributed by atoms with Crippen LogP contribution in [-0.2, 0) is 4.79 Å². The molecule has 7 atom stereocenters. The van der Waals surface area contributed by atoms with E-state index in [4.69, 9.17) is 6.42 Å². The van der Waals surface area contributed by atoms with Gasteiger partial charge < -0.3 is 5.11 Å². The Morgan fingerprint density at radius 1 is 1.18 bits per heavy atom. The maximum Gasteiger partial charge on any atom is 0.139 e. The van der Waals surface area contributed by atoms with E-state index in [9.17, 15) is 9.90 Å². The second-order valence-corrected chi connectivity index (χ2v) is 9.13. The van der Waals surface area contributed by atoms with Gasteiger partial charge in [0.1, 0.15) is 11.4 Å². The van der Waals surface area contributed by atoms with Gasteiger partial charge in [0.25, 0.3) is 0 Å². The maximum absolute atomic E-state index is 12.4. The summed E-state index contributed by atoms with van der Waals surface area (Å²) in [6, 6.07) is 0. The molecule has 4 aliphatic rings. The molecule has 0 spiro atoms. The standard InChI is InChI=1S/C20H28O2/c1-4-20(22)11-13-5-6-14-15-7-8-17(21)18(15,2)10-9-16(14)19(13,3)12-20/h1,13-16,22H,5-12H2,2-3H3/t13?,14?,15?,16?,18?,19?,20-/m1/s1. The van der Waals surface area contributed by atoms with Crippen LogP contribution in [0, 0.1) is 46.8 Å². The molecule has 0 aliphatic heterocycles. The van der Waals surface area contributed by atoms with E-state index in [1.54, 1.807) is 0 Å². The van der Waals surface area contributed by atoms with E-state index in [2.05, 4.69) is 19.8 Å². The average Bonchev–Trinajstić information content (AvgIpc) is 2.93. The van der Waals surface area contributed by atoms with Crippen LogP contribution in [0.15, 0.2) is 0 Å². The molecule has 4 saturated carbocycles. The molecule has 2 heteroatoms. The van der Waals surface area contributed by atoms with E-state index in [1.807, 2.05) is 0 Å². The van der Waals surface area contributed by atoms with Crippen molar-refractivity contribution in [3.63, 3.8) is 0 Å². The van der Waals surface area contributed by atoms with Gasteiger partial charge in [-0.2, -0.15) is 0 Å². The Bertz CT molecular complexity index is 561. The summed E-state index contributed by atoms with van der Waals surface area (Å²) < 4.78 is 0. The molecular weight excluding hydrogens is 272 g/mol. The number of fused-ring (bicyclic) bond motifs is 5. The van der Waals surface area contributed by atoms with E-state index in [1.165, 1.54) is 12.8 Å². The quantitative estimate of drug-likeness (QED) is 0.694. The highest BCUT2D eigenvalue weighted by atomic mass is 16.3. The minimum absolute atomic E-state index is 0.0502. The van der Waals surface area contributed by atoms with Crippen molar-refractivity contribution in [1.82, 2.24) is 0 Å². The first-order valence-electron chi connectivity index (χ1n) is 9.06. The zero-order valence-corrected chi connectivity index (χ0v) is 13.9. The number of ketones is 1. The summed E-state index contributed by atoms with van der Waals surface area (Å²) in [5, 5.41) is 10.7. The molecule has 0 aromatic heterocycles. The van der Waals surface area contributed by atoms with Gasteiger partial charge in [0.15, 0.2) is 0 Å². The molecule has 120 valence electrons. The fourth-order valence-electron chi connectivity index (χ4n) is 7.14. The second-order valence-electron chi connectivity index (χ2n) is 9.13. The predicted molar refractivity (Wildman–Crippen MR) is 85.9 cm³/mol. The molecule has 4 rings (SSSR count). The Morgan fingerprint density at radius 3 is 2.68 bits per heavy atom. The number of Topliss-reactive ketones (excluding diaryl/α,β-unsaturated/α-hetero) is 1.